The molecule has 2 heterocycles. The number of halogens is 3. The molecule has 2 N–H and O–H groups in total. The van der Waals surface area contributed by atoms with Crippen LogP contribution in [0.2, 0.25) is 0 Å². The first kappa shape index (κ1) is 20.6. The highest BCUT2D eigenvalue weighted by atomic mass is 35.5. The molecule has 1 aliphatic heterocycles. The average Bonchev–Trinajstić information content (AvgIpc) is 2.99. The van der Waals surface area contributed by atoms with Crippen LogP contribution < -0.4 is 10.6 Å². The van der Waals surface area contributed by atoms with Crippen LogP contribution in [0.4, 0.5) is 4.39 Å². The number of rotatable bonds is 4. The Hall–Kier alpha value is -1.43. The lowest BCUT2D eigenvalue weighted by Gasteiger charge is -2.11. The molecule has 1 atom stereocenters. The minimum atomic E-state index is -0.318. The van der Waals surface area contributed by atoms with Crippen LogP contribution in [-0.2, 0) is 0 Å². The van der Waals surface area contributed by atoms with Crippen molar-refractivity contribution < 1.29 is 9.18 Å². The maximum Gasteiger partial charge on any atom is 0.253 e. The molecule has 1 unspecified atom stereocenters. The number of aromatic nitrogens is 1. The Morgan fingerprint density at radius 3 is 2.88 bits per heavy atom. The Kier molecular flexibility index (Phi) is 7.87. The molecule has 1 aromatic heterocycles. The highest BCUT2D eigenvalue weighted by molar-refractivity contribution is 5.98. The largest absolute Gasteiger partial charge is 0.352 e. The van der Waals surface area contributed by atoms with Crippen LogP contribution in [0, 0.1) is 18.7 Å². The smallest absolute Gasteiger partial charge is 0.253 e. The number of nitrogens with zero attached hydrogens (tertiary/aromatic N) is 1. The number of pyridine rings is 1. The quantitative estimate of drug-likeness (QED) is 0.864. The lowest BCUT2D eigenvalue weighted by atomic mass is 10.0. The summed E-state index contributed by atoms with van der Waals surface area (Å²) < 4.78 is 13.2. The van der Waals surface area contributed by atoms with E-state index >= 15 is 0 Å². The summed E-state index contributed by atoms with van der Waals surface area (Å²) in [4.78, 5) is 16.6. The molecular formula is C17H22Cl2FN3O. The third-order valence-corrected chi connectivity index (χ3v) is 4.22. The molecule has 132 valence electrons. The molecule has 0 aliphatic carbocycles. The Labute approximate surface area is 153 Å². The van der Waals surface area contributed by atoms with Gasteiger partial charge in [-0.15, -0.1) is 24.8 Å². The number of fused-ring (bicyclic) bond motifs is 1. The first-order valence-electron chi connectivity index (χ1n) is 7.69. The van der Waals surface area contributed by atoms with Crippen molar-refractivity contribution in [1.82, 2.24) is 15.6 Å². The summed E-state index contributed by atoms with van der Waals surface area (Å²) in [7, 11) is 0. The van der Waals surface area contributed by atoms with E-state index in [9.17, 15) is 9.18 Å². The van der Waals surface area contributed by atoms with Crippen LogP contribution in [-0.4, -0.2) is 30.5 Å². The topological polar surface area (TPSA) is 54.0 Å². The molecule has 7 heteroatoms. The van der Waals surface area contributed by atoms with Crippen molar-refractivity contribution in [3.63, 3.8) is 0 Å². The van der Waals surface area contributed by atoms with E-state index in [0.717, 1.165) is 24.9 Å². The number of aryl methyl sites for hydroxylation is 1. The van der Waals surface area contributed by atoms with Crippen LogP contribution in [0.25, 0.3) is 10.9 Å². The molecule has 24 heavy (non-hydrogen) atoms. The lowest BCUT2D eigenvalue weighted by molar-refractivity contribution is 0.0951. The molecule has 3 rings (SSSR count). The zero-order chi connectivity index (χ0) is 15.5. The van der Waals surface area contributed by atoms with Crippen LogP contribution in [0.1, 0.15) is 28.9 Å². The predicted molar refractivity (Wildman–Crippen MR) is 98.9 cm³/mol. The predicted octanol–water partition coefficient (Wildman–Crippen LogP) is 3.26. The van der Waals surface area contributed by atoms with Gasteiger partial charge >= 0.3 is 0 Å². The standard InChI is InChI=1S/C17H20FN3O.2ClH/c1-11-15(8-13-2-3-14(18)9-16(13)21-11)17(22)20-7-5-12-4-6-19-10-12;;/h2-3,8-9,12,19H,4-7,10H2,1H3,(H,20,22);2*1H. The van der Waals surface area contributed by atoms with Crippen molar-refractivity contribution in [2.75, 3.05) is 19.6 Å². The molecule has 1 saturated heterocycles. The van der Waals surface area contributed by atoms with Crippen molar-refractivity contribution >= 4 is 41.6 Å². The number of nitrogens with one attached hydrogen (secondary N) is 2. The van der Waals surface area contributed by atoms with E-state index in [1.54, 1.807) is 19.1 Å². The van der Waals surface area contributed by atoms with Crippen LogP contribution in [0.5, 0.6) is 0 Å². The minimum Gasteiger partial charge on any atom is -0.352 e. The van der Waals surface area contributed by atoms with Gasteiger partial charge in [0.15, 0.2) is 0 Å². The van der Waals surface area contributed by atoms with E-state index < -0.39 is 0 Å². The van der Waals surface area contributed by atoms with Crippen molar-refractivity contribution in [2.45, 2.75) is 19.8 Å². The summed E-state index contributed by atoms with van der Waals surface area (Å²) in [5.74, 6) is 0.225. The van der Waals surface area contributed by atoms with Gasteiger partial charge in [0.2, 0.25) is 0 Å². The molecule has 4 nitrogen and oxygen atoms in total. The molecule has 0 saturated carbocycles. The molecule has 1 aliphatic rings. The van der Waals surface area contributed by atoms with E-state index in [1.165, 1.54) is 18.6 Å². The first-order chi connectivity index (χ1) is 10.6. The van der Waals surface area contributed by atoms with E-state index in [-0.39, 0.29) is 36.5 Å². The van der Waals surface area contributed by atoms with Crippen LogP contribution in [0.15, 0.2) is 24.3 Å². The van der Waals surface area contributed by atoms with Crippen LogP contribution in [0.3, 0.4) is 0 Å². The Morgan fingerprint density at radius 2 is 2.17 bits per heavy atom. The molecule has 0 bridgehead atoms. The summed E-state index contributed by atoms with van der Waals surface area (Å²) in [5, 5.41) is 7.06. The van der Waals surface area contributed by atoms with Gasteiger partial charge in [-0.3, -0.25) is 9.78 Å². The summed E-state index contributed by atoms with van der Waals surface area (Å²) in [6.07, 6.45) is 2.17. The maximum absolute atomic E-state index is 13.2. The molecule has 0 spiro atoms. The second-order valence-electron chi connectivity index (χ2n) is 5.86. The second-order valence-corrected chi connectivity index (χ2v) is 5.86. The molecule has 2 aromatic rings. The van der Waals surface area contributed by atoms with Gasteiger partial charge in [0.05, 0.1) is 16.8 Å². The molecule has 1 aromatic carbocycles. The number of hydrogen-bond donors (Lipinski definition) is 2. The van der Waals surface area contributed by atoms with Gasteiger partial charge in [-0.25, -0.2) is 4.39 Å². The van der Waals surface area contributed by atoms with E-state index in [4.69, 9.17) is 0 Å². The van der Waals surface area contributed by atoms with Gasteiger partial charge in [-0.2, -0.15) is 0 Å². The van der Waals surface area contributed by atoms with Crippen molar-refractivity contribution in [1.29, 1.82) is 0 Å². The summed E-state index contributed by atoms with van der Waals surface area (Å²) in [5.41, 5.74) is 1.76. The maximum atomic E-state index is 13.2. The van der Waals surface area contributed by atoms with Crippen LogP contribution >= 0.6 is 24.8 Å². The average molecular weight is 374 g/mol. The fourth-order valence-corrected chi connectivity index (χ4v) is 2.91. The third kappa shape index (κ3) is 4.79. The normalized spacial score (nSPS) is 16.3. The van der Waals surface area contributed by atoms with Gasteiger partial charge < -0.3 is 10.6 Å². The van der Waals surface area contributed by atoms with E-state index in [2.05, 4.69) is 15.6 Å². The van der Waals surface area contributed by atoms with Gasteiger partial charge in [0.25, 0.3) is 5.91 Å². The summed E-state index contributed by atoms with van der Waals surface area (Å²) in [6.45, 7) is 4.56. The van der Waals surface area contributed by atoms with E-state index in [0.29, 0.717) is 29.2 Å². The molecular weight excluding hydrogens is 352 g/mol. The van der Waals surface area contributed by atoms with E-state index in [1.807, 2.05) is 0 Å². The summed E-state index contributed by atoms with van der Waals surface area (Å²) in [6, 6.07) is 6.20. The van der Waals surface area contributed by atoms with Crippen molar-refractivity contribution in [3.05, 3.63) is 41.3 Å². The highest BCUT2D eigenvalue weighted by Gasteiger charge is 2.16. The Morgan fingerprint density at radius 1 is 1.38 bits per heavy atom. The van der Waals surface area contributed by atoms with Gasteiger partial charge in [0, 0.05) is 18.0 Å². The van der Waals surface area contributed by atoms with Gasteiger partial charge in [-0.1, -0.05) is 0 Å². The monoisotopic (exact) mass is 373 g/mol. The fourth-order valence-electron chi connectivity index (χ4n) is 2.91. The first-order valence-corrected chi connectivity index (χ1v) is 7.69. The SMILES string of the molecule is Cc1nc2cc(F)ccc2cc1C(=O)NCCC1CCNC1.Cl.Cl. The third-order valence-electron chi connectivity index (χ3n) is 4.22. The summed E-state index contributed by atoms with van der Waals surface area (Å²) >= 11 is 0. The Bertz CT molecular complexity index is 706. The van der Waals surface area contributed by atoms with Crippen molar-refractivity contribution in [2.24, 2.45) is 5.92 Å². The minimum absolute atomic E-state index is 0. The Balaban J connectivity index is 0.00000144. The number of hydrogen-bond acceptors (Lipinski definition) is 3. The van der Waals surface area contributed by atoms with Crippen molar-refractivity contribution in [3.8, 4) is 0 Å². The highest BCUT2D eigenvalue weighted by Crippen LogP contribution is 2.18. The molecule has 0 radical (unpaired) electrons. The molecule has 1 amide bonds. The number of amides is 1. The number of carbonyl (C=O) groups is 1. The zero-order valence-electron chi connectivity index (χ0n) is 13.5. The second kappa shape index (κ2) is 9.16. The number of benzene rings is 1. The van der Waals surface area contributed by atoms with Gasteiger partial charge in [-0.05, 0) is 57.0 Å². The lowest BCUT2D eigenvalue weighted by Crippen LogP contribution is -2.27. The fraction of sp³-hybridized carbons (Fsp3) is 0.412. The van der Waals surface area contributed by atoms with Gasteiger partial charge in [0.1, 0.15) is 5.82 Å². The number of carbonyl (C=O) groups excluding carboxylic acids is 1. The molecule has 1 fully saturated rings. The zero-order valence-corrected chi connectivity index (χ0v) is 15.1.